The van der Waals surface area contributed by atoms with Gasteiger partial charge in [-0.25, -0.2) is 0 Å². The number of carbonyl (C=O) groups excluding carboxylic acids is 3. The van der Waals surface area contributed by atoms with E-state index in [0.717, 1.165) is 34.9 Å². The number of anilines is 1. The predicted octanol–water partition coefficient (Wildman–Crippen LogP) is 3.42. The van der Waals surface area contributed by atoms with Gasteiger partial charge in [0.15, 0.2) is 0 Å². The Morgan fingerprint density at radius 1 is 1.12 bits per heavy atom. The number of carbonyl (C=O) groups is 3. The highest BCUT2D eigenvalue weighted by Gasteiger charge is 2.62. The van der Waals surface area contributed by atoms with Gasteiger partial charge in [0.2, 0.25) is 17.7 Å². The Labute approximate surface area is 161 Å². The van der Waals surface area contributed by atoms with Crippen molar-refractivity contribution in [2.75, 3.05) is 5.32 Å². The van der Waals surface area contributed by atoms with Gasteiger partial charge in [-0.2, -0.15) is 0 Å². The molecule has 0 unspecified atom stereocenters. The SMILES string of the molecule is Cc1cc(NC(=O)[C@@H](C)N2C(=O)[C@@H]3[C@H]4CC[C@@H](C4)[C@@H]3C2=O)cc(C)c1Br. The van der Waals surface area contributed by atoms with Crippen LogP contribution in [-0.4, -0.2) is 28.7 Å². The minimum absolute atomic E-state index is 0.141. The molecule has 3 amide bonds. The van der Waals surface area contributed by atoms with Crippen LogP contribution in [0.25, 0.3) is 0 Å². The largest absolute Gasteiger partial charge is 0.324 e. The number of benzene rings is 1. The summed E-state index contributed by atoms with van der Waals surface area (Å²) in [7, 11) is 0. The zero-order valence-electron chi connectivity index (χ0n) is 15.2. The molecule has 2 aliphatic carbocycles. The van der Waals surface area contributed by atoms with Crippen molar-refractivity contribution in [2.24, 2.45) is 23.7 Å². The van der Waals surface area contributed by atoms with Crippen LogP contribution in [0, 0.1) is 37.5 Å². The number of aryl methyl sites for hydroxylation is 2. The van der Waals surface area contributed by atoms with Crippen molar-refractivity contribution in [1.29, 1.82) is 0 Å². The van der Waals surface area contributed by atoms with Crippen molar-refractivity contribution in [1.82, 2.24) is 4.90 Å². The summed E-state index contributed by atoms with van der Waals surface area (Å²) in [6.07, 6.45) is 3.08. The molecular formula is C20H23BrN2O3. The second-order valence-corrected chi connectivity index (χ2v) is 8.81. The number of nitrogens with one attached hydrogen (secondary N) is 1. The normalized spacial score (nSPS) is 30.7. The van der Waals surface area contributed by atoms with Gasteiger partial charge >= 0.3 is 0 Å². The molecule has 0 aromatic heterocycles. The first kappa shape index (κ1) is 17.7. The fraction of sp³-hybridized carbons (Fsp3) is 0.550. The van der Waals surface area contributed by atoms with E-state index in [4.69, 9.17) is 0 Å². The van der Waals surface area contributed by atoms with Crippen LogP contribution in [0.3, 0.4) is 0 Å². The Bertz CT molecular complexity index is 770. The third-order valence-corrected chi connectivity index (χ3v) is 7.68. The maximum absolute atomic E-state index is 12.9. The molecule has 1 aromatic rings. The lowest BCUT2D eigenvalue weighted by molar-refractivity contribution is -0.146. The maximum atomic E-state index is 12.9. The lowest BCUT2D eigenvalue weighted by Gasteiger charge is -2.24. The predicted molar refractivity (Wildman–Crippen MR) is 101 cm³/mol. The van der Waals surface area contributed by atoms with Gasteiger partial charge in [0.1, 0.15) is 6.04 Å². The van der Waals surface area contributed by atoms with E-state index < -0.39 is 6.04 Å². The summed E-state index contributed by atoms with van der Waals surface area (Å²) in [6, 6.07) is 2.97. The van der Waals surface area contributed by atoms with E-state index >= 15 is 0 Å². The monoisotopic (exact) mass is 418 g/mol. The number of halogens is 1. The third kappa shape index (κ3) is 2.53. The molecule has 1 heterocycles. The van der Waals surface area contributed by atoms with E-state index in [2.05, 4.69) is 21.2 Å². The first-order valence-electron chi connectivity index (χ1n) is 9.24. The number of nitrogens with zero attached hydrogens (tertiary/aromatic N) is 1. The Morgan fingerprint density at radius 2 is 1.62 bits per heavy atom. The summed E-state index contributed by atoms with van der Waals surface area (Å²) in [6.45, 7) is 5.56. The number of likely N-dealkylation sites (tertiary alicyclic amines) is 1. The van der Waals surface area contributed by atoms with Crippen LogP contribution in [-0.2, 0) is 14.4 Å². The molecule has 26 heavy (non-hydrogen) atoms. The molecule has 3 aliphatic rings. The van der Waals surface area contributed by atoms with Gasteiger partial charge < -0.3 is 5.32 Å². The van der Waals surface area contributed by atoms with E-state index in [1.807, 2.05) is 26.0 Å². The lowest BCUT2D eigenvalue weighted by atomic mass is 9.81. The Kier molecular flexibility index (Phi) is 4.21. The van der Waals surface area contributed by atoms with Crippen LogP contribution >= 0.6 is 15.9 Å². The summed E-state index contributed by atoms with van der Waals surface area (Å²) in [5, 5.41) is 2.87. The smallest absolute Gasteiger partial charge is 0.247 e. The van der Waals surface area contributed by atoms with Gasteiger partial charge in [-0.15, -0.1) is 0 Å². The van der Waals surface area contributed by atoms with Crippen LogP contribution in [0.4, 0.5) is 5.69 Å². The van der Waals surface area contributed by atoms with Crippen LogP contribution < -0.4 is 5.32 Å². The molecule has 1 aliphatic heterocycles. The molecule has 138 valence electrons. The summed E-state index contributed by atoms with van der Waals surface area (Å²) in [5.74, 6) is -0.310. The molecule has 2 bridgehead atoms. The van der Waals surface area contributed by atoms with Gasteiger partial charge in [0.25, 0.3) is 0 Å². The van der Waals surface area contributed by atoms with Crippen LogP contribution in [0.2, 0.25) is 0 Å². The van der Waals surface area contributed by atoms with Crippen molar-refractivity contribution >= 4 is 39.3 Å². The minimum atomic E-state index is -0.788. The Hall–Kier alpha value is -1.69. The van der Waals surface area contributed by atoms with Gasteiger partial charge in [-0.1, -0.05) is 15.9 Å². The maximum Gasteiger partial charge on any atom is 0.247 e. The topological polar surface area (TPSA) is 66.5 Å². The number of amides is 3. The Balaban J connectivity index is 1.52. The first-order chi connectivity index (χ1) is 12.3. The summed E-state index contributed by atoms with van der Waals surface area (Å²) in [5.41, 5.74) is 2.72. The lowest BCUT2D eigenvalue weighted by Crippen LogP contribution is -2.46. The minimum Gasteiger partial charge on any atom is -0.324 e. The Morgan fingerprint density at radius 3 is 2.12 bits per heavy atom. The summed E-state index contributed by atoms with van der Waals surface area (Å²) in [4.78, 5) is 39.7. The summed E-state index contributed by atoms with van der Waals surface area (Å²) < 4.78 is 1.01. The zero-order chi connectivity index (χ0) is 18.7. The molecule has 4 rings (SSSR count). The van der Waals surface area contributed by atoms with Crippen LogP contribution in [0.1, 0.15) is 37.3 Å². The molecule has 2 saturated carbocycles. The van der Waals surface area contributed by atoms with E-state index in [1.165, 1.54) is 4.90 Å². The second kappa shape index (κ2) is 6.19. The van der Waals surface area contributed by atoms with Crippen LogP contribution in [0.15, 0.2) is 16.6 Å². The van der Waals surface area contributed by atoms with E-state index in [1.54, 1.807) is 6.92 Å². The molecule has 0 radical (unpaired) electrons. The van der Waals surface area contributed by atoms with E-state index in [0.29, 0.717) is 17.5 Å². The van der Waals surface area contributed by atoms with Crippen molar-refractivity contribution in [3.05, 3.63) is 27.7 Å². The molecule has 5 atom stereocenters. The number of imide groups is 1. The third-order valence-electron chi connectivity index (χ3n) is 6.43. The van der Waals surface area contributed by atoms with Crippen LogP contribution in [0.5, 0.6) is 0 Å². The van der Waals surface area contributed by atoms with E-state index in [-0.39, 0.29) is 29.6 Å². The van der Waals surface area contributed by atoms with Crippen molar-refractivity contribution in [3.8, 4) is 0 Å². The highest BCUT2D eigenvalue weighted by Crippen LogP contribution is 2.56. The number of fused-ring (bicyclic) bond motifs is 5. The van der Waals surface area contributed by atoms with Gasteiger partial charge in [-0.05, 0) is 75.1 Å². The van der Waals surface area contributed by atoms with Gasteiger partial charge in [-0.3, -0.25) is 19.3 Å². The highest BCUT2D eigenvalue weighted by molar-refractivity contribution is 9.10. The quantitative estimate of drug-likeness (QED) is 0.764. The standard InChI is InChI=1S/C20H23BrN2O3/c1-9-6-14(7-10(2)17(9)21)22-18(24)11(3)23-19(25)15-12-4-5-13(8-12)16(15)20(23)26/h6-7,11-13,15-16H,4-5,8H2,1-3H3,(H,22,24)/t11-,12+,13+,15-,16+/m1/s1. The average molecular weight is 419 g/mol. The molecule has 1 N–H and O–H groups in total. The van der Waals surface area contributed by atoms with Crippen molar-refractivity contribution < 1.29 is 14.4 Å². The van der Waals surface area contributed by atoms with E-state index in [9.17, 15) is 14.4 Å². The molecule has 6 heteroatoms. The molecule has 3 fully saturated rings. The van der Waals surface area contributed by atoms with Gasteiger partial charge in [0.05, 0.1) is 11.8 Å². The number of hydrogen-bond donors (Lipinski definition) is 1. The number of rotatable bonds is 3. The molecule has 0 spiro atoms. The summed E-state index contributed by atoms with van der Waals surface area (Å²) >= 11 is 3.51. The fourth-order valence-corrected chi connectivity index (χ4v) is 5.42. The van der Waals surface area contributed by atoms with Crippen molar-refractivity contribution in [2.45, 2.75) is 46.1 Å². The zero-order valence-corrected chi connectivity index (χ0v) is 16.8. The molecule has 5 nitrogen and oxygen atoms in total. The molecular weight excluding hydrogens is 396 g/mol. The average Bonchev–Trinajstić information content (AvgIpc) is 3.26. The second-order valence-electron chi connectivity index (χ2n) is 8.02. The van der Waals surface area contributed by atoms with Crippen molar-refractivity contribution in [3.63, 3.8) is 0 Å². The number of hydrogen-bond acceptors (Lipinski definition) is 3. The first-order valence-corrected chi connectivity index (χ1v) is 10.0. The highest BCUT2D eigenvalue weighted by atomic mass is 79.9. The molecule has 1 saturated heterocycles. The molecule has 1 aromatic carbocycles. The van der Waals surface area contributed by atoms with Gasteiger partial charge in [0, 0.05) is 10.2 Å². The fourth-order valence-electron chi connectivity index (χ4n) is 5.20.